The summed E-state index contributed by atoms with van der Waals surface area (Å²) in [5.74, 6) is 2.61. The third-order valence-corrected chi connectivity index (χ3v) is 4.40. The van der Waals surface area contributed by atoms with Crippen LogP contribution < -0.4 is 0 Å². The molecule has 21 heavy (non-hydrogen) atoms. The van der Waals surface area contributed by atoms with Crippen LogP contribution in [0.15, 0.2) is 16.8 Å². The summed E-state index contributed by atoms with van der Waals surface area (Å²) in [7, 11) is 0. The summed E-state index contributed by atoms with van der Waals surface area (Å²) in [5.41, 5.74) is 1.29. The van der Waals surface area contributed by atoms with Crippen LogP contribution in [-0.4, -0.2) is 15.1 Å². The lowest BCUT2D eigenvalue weighted by Crippen LogP contribution is -2.14. The highest BCUT2D eigenvalue weighted by molar-refractivity contribution is 5.54. The fraction of sp³-hybridized carbons (Fsp3) is 0.562. The molecule has 0 atom stereocenters. The molecule has 2 aromatic heterocycles. The minimum Gasteiger partial charge on any atom is -0.352 e. The zero-order chi connectivity index (χ0) is 14.7. The summed E-state index contributed by atoms with van der Waals surface area (Å²) in [4.78, 5) is 7.39. The van der Waals surface area contributed by atoms with E-state index in [1.807, 2.05) is 0 Å². The lowest BCUT2D eigenvalue weighted by molar-refractivity contribution is 0.296. The zero-order valence-corrected chi connectivity index (χ0v) is 12.3. The molecule has 0 saturated heterocycles. The van der Waals surface area contributed by atoms with E-state index < -0.39 is 0 Å². The van der Waals surface area contributed by atoms with Gasteiger partial charge in [0.2, 0.25) is 0 Å². The third kappa shape index (κ3) is 2.99. The number of nitrogens with zero attached hydrogens (tertiary/aromatic N) is 3. The number of H-pyrrole nitrogens is 1. The molecule has 110 valence electrons. The Bertz CT molecular complexity index is 629. The van der Waals surface area contributed by atoms with Crippen LogP contribution in [0.3, 0.4) is 0 Å². The van der Waals surface area contributed by atoms with Crippen molar-refractivity contribution < 1.29 is 4.52 Å². The highest BCUT2D eigenvalue weighted by Gasteiger charge is 2.25. The first kappa shape index (κ1) is 13.9. The largest absolute Gasteiger partial charge is 0.352 e. The van der Waals surface area contributed by atoms with Gasteiger partial charge in [-0.1, -0.05) is 24.9 Å². The van der Waals surface area contributed by atoms with E-state index in [4.69, 9.17) is 9.78 Å². The molecular weight excluding hydrogens is 264 g/mol. The summed E-state index contributed by atoms with van der Waals surface area (Å²) >= 11 is 0. The van der Waals surface area contributed by atoms with Gasteiger partial charge in [-0.2, -0.15) is 10.2 Å². The Morgan fingerprint density at radius 1 is 1.38 bits per heavy atom. The minimum absolute atomic E-state index is 0.421. The van der Waals surface area contributed by atoms with Gasteiger partial charge in [-0.3, -0.25) is 0 Å². The second-order valence-corrected chi connectivity index (χ2v) is 5.88. The molecule has 1 aliphatic rings. The molecule has 0 aliphatic heterocycles. The maximum atomic E-state index is 8.83. The van der Waals surface area contributed by atoms with Crippen molar-refractivity contribution in [2.75, 3.05) is 0 Å². The van der Waals surface area contributed by atoms with Crippen molar-refractivity contribution in [1.82, 2.24) is 15.1 Å². The van der Waals surface area contributed by atoms with Gasteiger partial charge < -0.3 is 9.51 Å². The van der Waals surface area contributed by atoms with E-state index in [9.17, 15) is 0 Å². The molecule has 0 bridgehead atoms. The Kier molecular flexibility index (Phi) is 4.05. The van der Waals surface area contributed by atoms with Gasteiger partial charge in [0.1, 0.15) is 11.8 Å². The number of hydrogen-bond donors (Lipinski definition) is 1. The van der Waals surface area contributed by atoms with E-state index in [0.29, 0.717) is 17.5 Å². The van der Waals surface area contributed by atoms with Crippen molar-refractivity contribution in [1.29, 1.82) is 5.26 Å². The van der Waals surface area contributed by atoms with Crippen LogP contribution in [0.25, 0.3) is 11.5 Å². The molecule has 0 unspecified atom stereocenters. The highest BCUT2D eigenvalue weighted by Crippen LogP contribution is 2.36. The number of aromatic amines is 1. The van der Waals surface area contributed by atoms with Gasteiger partial charge in [0.15, 0.2) is 5.82 Å². The van der Waals surface area contributed by atoms with Crippen LogP contribution in [0, 0.1) is 17.2 Å². The molecule has 1 aliphatic carbocycles. The highest BCUT2D eigenvalue weighted by atomic mass is 16.5. The van der Waals surface area contributed by atoms with E-state index in [1.165, 1.54) is 25.7 Å². The quantitative estimate of drug-likeness (QED) is 0.920. The average molecular weight is 284 g/mol. The van der Waals surface area contributed by atoms with Gasteiger partial charge in [0.05, 0.1) is 5.56 Å². The second-order valence-electron chi connectivity index (χ2n) is 5.88. The van der Waals surface area contributed by atoms with Crippen LogP contribution in [0.1, 0.15) is 62.9 Å². The molecule has 2 aromatic rings. The average Bonchev–Trinajstić information content (AvgIpc) is 3.17. The topological polar surface area (TPSA) is 78.5 Å². The zero-order valence-electron chi connectivity index (χ0n) is 12.3. The van der Waals surface area contributed by atoms with Crippen LogP contribution >= 0.6 is 0 Å². The number of rotatable bonds is 4. The molecule has 5 nitrogen and oxygen atoms in total. The number of hydrogen-bond acceptors (Lipinski definition) is 4. The number of nitrogens with one attached hydrogen (secondary N) is 1. The van der Waals surface area contributed by atoms with Crippen molar-refractivity contribution in [3.05, 3.63) is 23.8 Å². The van der Waals surface area contributed by atoms with Crippen LogP contribution in [0.2, 0.25) is 0 Å². The summed E-state index contributed by atoms with van der Waals surface area (Å²) in [6.07, 6.45) is 9.19. The predicted octanol–water partition coefficient (Wildman–Crippen LogP) is 4.01. The molecule has 0 aromatic carbocycles. The predicted molar refractivity (Wildman–Crippen MR) is 78.4 cm³/mol. The summed E-state index contributed by atoms with van der Waals surface area (Å²) in [6.45, 7) is 2.25. The Balaban J connectivity index is 1.67. The molecule has 1 N–H and O–H groups in total. The van der Waals surface area contributed by atoms with Crippen LogP contribution in [-0.2, 0) is 0 Å². The Labute approximate surface area is 124 Å². The normalized spacial score (nSPS) is 22.1. The first-order chi connectivity index (χ1) is 10.3. The van der Waals surface area contributed by atoms with E-state index >= 15 is 0 Å². The summed E-state index contributed by atoms with van der Waals surface area (Å²) in [6, 6.07) is 3.79. The maximum absolute atomic E-state index is 8.83. The van der Waals surface area contributed by atoms with E-state index in [-0.39, 0.29) is 0 Å². The SMILES string of the molecule is CCCC1CCC(c2noc(-c3c[nH]c(C#N)c3)n2)CC1. The first-order valence-corrected chi connectivity index (χ1v) is 7.72. The number of aromatic nitrogens is 3. The van der Waals surface area contributed by atoms with Gasteiger partial charge in [0, 0.05) is 12.1 Å². The molecule has 0 radical (unpaired) electrons. The van der Waals surface area contributed by atoms with Crippen molar-refractivity contribution in [3.8, 4) is 17.5 Å². The molecule has 5 heteroatoms. The van der Waals surface area contributed by atoms with Gasteiger partial charge in [-0.15, -0.1) is 0 Å². The van der Waals surface area contributed by atoms with Crippen LogP contribution in [0.5, 0.6) is 0 Å². The first-order valence-electron chi connectivity index (χ1n) is 7.72. The molecule has 2 heterocycles. The fourth-order valence-electron chi connectivity index (χ4n) is 3.22. The molecule has 1 saturated carbocycles. The number of nitriles is 1. The molecule has 0 amide bonds. The molecular formula is C16H20N4O. The monoisotopic (exact) mass is 284 g/mol. The van der Waals surface area contributed by atoms with Crippen molar-refractivity contribution >= 4 is 0 Å². The lowest BCUT2D eigenvalue weighted by Gasteiger charge is -2.26. The fourth-order valence-corrected chi connectivity index (χ4v) is 3.22. The third-order valence-electron chi connectivity index (χ3n) is 4.40. The summed E-state index contributed by atoms with van der Waals surface area (Å²) < 4.78 is 5.35. The molecule has 3 rings (SSSR count). The van der Waals surface area contributed by atoms with E-state index in [0.717, 1.165) is 30.1 Å². The smallest absolute Gasteiger partial charge is 0.259 e. The van der Waals surface area contributed by atoms with E-state index in [1.54, 1.807) is 12.3 Å². The van der Waals surface area contributed by atoms with Gasteiger partial charge in [-0.25, -0.2) is 0 Å². The van der Waals surface area contributed by atoms with Crippen molar-refractivity contribution in [3.63, 3.8) is 0 Å². The molecule has 0 spiro atoms. The van der Waals surface area contributed by atoms with E-state index in [2.05, 4.69) is 28.1 Å². The van der Waals surface area contributed by atoms with Gasteiger partial charge in [0.25, 0.3) is 5.89 Å². The maximum Gasteiger partial charge on any atom is 0.259 e. The van der Waals surface area contributed by atoms with Crippen LogP contribution in [0.4, 0.5) is 0 Å². The standard InChI is InChI=1S/C16H20N4O/c1-2-3-11-4-6-12(7-5-11)15-19-16(21-20-15)13-8-14(9-17)18-10-13/h8,10-12,18H,2-7H2,1H3. The minimum atomic E-state index is 0.421. The van der Waals surface area contributed by atoms with Gasteiger partial charge in [-0.05, 0) is 37.7 Å². The Hall–Kier alpha value is -2.09. The van der Waals surface area contributed by atoms with Crippen molar-refractivity contribution in [2.45, 2.75) is 51.4 Å². The van der Waals surface area contributed by atoms with Gasteiger partial charge >= 0.3 is 0 Å². The Morgan fingerprint density at radius 2 is 2.19 bits per heavy atom. The van der Waals surface area contributed by atoms with Crippen molar-refractivity contribution in [2.24, 2.45) is 5.92 Å². The molecule has 1 fully saturated rings. The lowest BCUT2D eigenvalue weighted by atomic mass is 9.80. The second kappa shape index (κ2) is 6.13. The summed E-state index contributed by atoms with van der Waals surface area (Å²) in [5, 5.41) is 13.0. The Morgan fingerprint density at radius 3 is 2.86 bits per heavy atom.